The van der Waals surface area contributed by atoms with Gasteiger partial charge in [0.2, 0.25) is 5.88 Å². The highest BCUT2D eigenvalue weighted by molar-refractivity contribution is 5.92. The second-order valence-electron chi connectivity index (χ2n) is 6.36. The van der Waals surface area contributed by atoms with Gasteiger partial charge in [-0.05, 0) is 38.1 Å². The van der Waals surface area contributed by atoms with Crippen LogP contribution >= 0.6 is 0 Å². The van der Waals surface area contributed by atoms with Crippen molar-refractivity contribution in [3.8, 4) is 23.0 Å². The largest absolute Gasteiger partial charge is 0.491 e. The van der Waals surface area contributed by atoms with Crippen LogP contribution in [0.5, 0.6) is 11.6 Å². The predicted octanol–water partition coefficient (Wildman–Crippen LogP) is 3.58. The first-order chi connectivity index (χ1) is 12.2. The van der Waals surface area contributed by atoms with Crippen LogP contribution in [0, 0.1) is 0 Å². The molecule has 0 radical (unpaired) electrons. The summed E-state index contributed by atoms with van der Waals surface area (Å²) in [6.07, 6.45) is 0.798. The van der Waals surface area contributed by atoms with Gasteiger partial charge in [-0.15, -0.1) is 0 Å². The van der Waals surface area contributed by atoms with Crippen molar-refractivity contribution in [3.05, 3.63) is 36.4 Å². The quantitative estimate of drug-likeness (QED) is 0.678. The lowest BCUT2D eigenvalue weighted by molar-refractivity contribution is 0.0425. The third-order valence-corrected chi connectivity index (χ3v) is 4.18. The van der Waals surface area contributed by atoms with Crippen LogP contribution in [0.25, 0.3) is 22.3 Å². The van der Waals surface area contributed by atoms with E-state index in [4.69, 9.17) is 14.2 Å². The van der Waals surface area contributed by atoms with Crippen molar-refractivity contribution in [2.45, 2.75) is 32.5 Å². The van der Waals surface area contributed by atoms with E-state index < -0.39 is 0 Å². The second-order valence-corrected chi connectivity index (χ2v) is 6.36. The number of pyridine rings is 1. The van der Waals surface area contributed by atoms with Gasteiger partial charge < -0.3 is 14.2 Å². The molecule has 1 aliphatic heterocycles. The van der Waals surface area contributed by atoms with Crippen LogP contribution in [0.1, 0.15) is 20.3 Å². The molecule has 0 saturated heterocycles. The van der Waals surface area contributed by atoms with E-state index in [-0.39, 0.29) is 12.2 Å². The molecule has 1 aromatic carbocycles. The number of nitrogens with one attached hydrogen (secondary N) is 1. The highest BCUT2D eigenvalue weighted by Gasteiger charge is 2.14. The first kappa shape index (κ1) is 15.9. The zero-order valence-corrected chi connectivity index (χ0v) is 14.4. The Morgan fingerprint density at radius 3 is 2.92 bits per heavy atom. The topological polar surface area (TPSA) is 69.3 Å². The third-order valence-electron chi connectivity index (χ3n) is 4.18. The van der Waals surface area contributed by atoms with Crippen LogP contribution in [0.3, 0.4) is 0 Å². The third kappa shape index (κ3) is 3.44. The van der Waals surface area contributed by atoms with Crippen LogP contribution in [0.15, 0.2) is 36.4 Å². The molecule has 6 heteroatoms. The fourth-order valence-electron chi connectivity index (χ4n) is 2.90. The molecule has 0 aliphatic carbocycles. The number of ether oxygens (including phenoxy) is 3. The van der Waals surface area contributed by atoms with Gasteiger partial charge >= 0.3 is 0 Å². The first-order valence-electron chi connectivity index (χ1n) is 8.55. The molecule has 1 aliphatic rings. The van der Waals surface area contributed by atoms with E-state index in [2.05, 4.69) is 15.2 Å². The standard InChI is InChI=1S/C19H21N3O3/c1-12-8-9-23-11-13(2)25-18-5-3-4-17(20-18)19-15-10-14(24-12)6-7-16(15)21-22-19/h3-7,10,12-13H,8-9,11H2,1-2H3,(H,21,22)/t12-,13+/m0/s1. The van der Waals surface area contributed by atoms with E-state index in [9.17, 15) is 0 Å². The Hall–Kier alpha value is -2.60. The maximum absolute atomic E-state index is 6.03. The van der Waals surface area contributed by atoms with Crippen molar-refractivity contribution in [3.63, 3.8) is 0 Å². The minimum Gasteiger partial charge on any atom is -0.491 e. The number of nitrogens with zero attached hydrogens (tertiary/aromatic N) is 2. The average Bonchev–Trinajstić information content (AvgIpc) is 3.01. The number of hydrogen-bond donors (Lipinski definition) is 1. The highest BCUT2D eigenvalue weighted by Crippen LogP contribution is 2.30. The summed E-state index contributed by atoms with van der Waals surface area (Å²) in [5.41, 5.74) is 2.50. The number of aromatic nitrogens is 3. The smallest absolute Gasteiger partial charge is 0.214 e. The van der Waals surface area contributed by atoms with E-state index in [1.807, 2.05) is 50.2 Å². The Morgan fingerprint density at radius 1 is 1.08 bits per heavy atom. The van der Waals surface area contributed by atoms with Gasteiger partial charge in [-0.1, -0.05) is 6.07 Å². The molecule has 0 spiro atoms. The van der Waals surface area contributed by atoms with E-state index >= 15 is 0 Å². The van der Waals surface area contributed by atoms with Gasteiger partial charge in [0.05, 0.1) is 30.5 Å². The van der Waals surface area contributed by atoms with Crippen molar-refractivity contribution in [2.24, 2.45) is 0 Å². The summed E-state index contributed by atoms with van der Waals surface area (Å²) in [5, 5.41) is 8.47. The Kier molecular flexibility index (Phi) is 4.28. The summed E-state index contributed by atoms with van der Waals surface area (Å²) in [4.78, 5) is 4.60. The van der Waals surface area contributed by atoms with Gasteiger partial charge in [0, 0.05) is 17.9 Å². The zero-order valence-electron chi connectivity index (χ0n) is 14.4. The van der Waals surface area contributed by atoms with Crippen molar-refractivity contribution in [2.75, 3.05) is 13.2 Å². The molecule has 3 heterocycles. The minimum atomic E-state index is -0.0793. The Bertz CT molecular complexity index is 877. The fourth-order valence-corrected chi connectivity index (χ4v) is 2.90. The second kappa shape index (κ2) is 6.72. The molecule has 4 rings (SSSR count). The molecule has 0 saturated carbocycles. The van der Waals surface area contributed by atoms with E-state index in [1.54, 1.807) is 0 Å². The first-order valence-corrected chi connectivity index (χ1v) is 8.55. The molecule has 6 nitrogen and oxygen atoms in total. The van der Waals surface area contributed by atoms with Crippen molar-refractivity contribution < 1.29 is 14.2 Å². The zero-order chi connectivity index (χ0) is 17.2. The number of hydrogen-bond acceptors (Lipinski definition) is 5. The number of fused-ring (bicyclic) bond motifs is 4. The predicted molar refractivity (Wildman–Crippen MR) is 94.9 cm³/mol. The summed E-state index contributed by atoms with van der Waals surface area (Å²) in [7, 11) is 0. The molecular weight excluding hydrogens is 318 g/mol. The summed E-state index contributed by atoms with van der Waals surface area (Å²) in [5.74, 6) is 1.39. The average molecular weight is 339 g/mol. The highest BCUT2D eigenvalue weighted by atomic mass is 16.5. The molecule has 2 atom stereocenters. The summed E-state index contributed by atoms with van der Waals surface area (Å²) >= 11 is 0. The fraction of sp³-hybridized carbons (Fsp3) is 0.368. The maximum Gasteiger partial charge on any atom is 0.214 e. The van der Waals surface area contributed by atoms with E-state index in [0.717, 1.165) is 34.5 Å². The monoisotopic (exact) mass is 339 g/mol. The number of benzene rings is 1. The van der Waals surface area contributed by atoms with Crippen LogP contribution in [-0.4, -0.2) is 40.6 Å². The molecular formula is C19H21N3O3. The number of aromatic amines is 1. The summed E-state index contributed by atoms with van der Waals surface area (Å²) in [6.45, 7) is 5.16. The molecule has 2 aromatic heterocycles. The SMILES string of the molecule is C[C@@H]1COCC[C@H](C)Oc2ccc3[nH]nc(c3c2)-c2cccc(n2)O1. The van der Waals surface area contributed by atoms with Gasteiger partial charge in [0.1, 0.15) is 17.5 Å². The Morgan fingerprint density at radius 2 is 2.00 bits per heavy atom. The molecule has 4 bridgehead atoms. The summed E-state index contributed by atoms with van der Waals surface area (Å²) in [6, 6.07) is 11.6. The van der Waals surface area contributed by atoms with Gasteiger partial charge in [0.15, 0.2) is 0 Å². The van der Waals surface area contributed by atoms with E-state index in [0.29, 0.717) is 19.1 Å². The van der Waals surface area contributed by atoms with Gasteiger partial charge in [-0.25, -0.2) is 4.98 Å². The van der Waals surface area contributed by atoms with Crippen LogP contribution in [0.2, 0.25) is 0 Å². The molecule has 25 heavy (non-hydrogen) atoms. The van der Waals surface area contributed by atoms with Crippen LogP contribution in [-0.2, 0) is 4.74 Å². The van der Waals surface area contributed by atoms with Gasteiger partial charge in [-0.2, -0.15) is 5.10 Å². The molecule has 0 amide bonds. The normalized spacial score (nSPS) is 21.2. The summed E-state index contributed by atoms with van der Waals surface area (Å²) < 4.78 is 17.6. The lowest BCUT2D eigenvalue weighted by Gasteiger charge is -2.16. The van der Waals surface area contributed by atoms with Crippen molar-refractivity contribution >= 4 is 10.9 Å². The van der Waals surface area contributed by atoms with Crippen LogP contribution in [0.4, 0.5) is 0 Å². The molecule has 1 N–H and O–H groups in total. The molecule has 0 unspecified atom stereocenters. The lowest BCUT2D eigenvalue weighted by atomic mass is 10.1. The Balaban J connectivity index is 1.79. The maximum atomic E-state index is 6.03. The Labute approximate surface area is 146 Å². The number of rotatable bonds is 0. The lowest BCUT2D eigenvalue weighted by Crippen LogP contribution is -2.22. The number of H-pyrrole nitrogens is 1. The molecule has 0 fully saturated rings. The van der Waals surface area contributed by atoms with Crippen LogP contribution < -0.4 is 9.47 Å². The van der Waals surface area contributed by atoms with Crippen molar-refractivity contribution in [1.29, 1.82) is 0 Å². The van der Waals surface area contributed by atoms with Crippen molar-refractivity contribution in [1.82, 2.24) is 15.2 Å². The molecule has 130 valence electrons. The minimum absolute atomic E-state index is 0.0633. The molecule has 3 aromatic rings. The van der Waals surface area contributed by atoms with E-state index in [1.165, 1.54) is 0 Å². The van der Waals surface area contributed by atoms with Gasteiger partial charge in [0.25, 0.3) is 0 Å². The van der Waals surface area contributed by atoms with Gasteiger partial charge in [-0.3, -0.25) is 5.10 Å².